The molecule has 1 amide bonds. The molecule has 0 spiro atoms. The van der Waals surface area contributed by atoms with Gasteiger partial charge in [-0.05, 0) is 75.5 Å². The predicted molar refractivity (Wildman–Crippen MR) is 196 cm³/mol. The highest BCUT2D eigenvalue weighted by atomic mass is 33.1. The minimum atomic E-state index is -1.58. The summed E-state index contributed by atoms with van der Waals surface area (Å²) in [4.78, 5) is 37.7. The molecular formula is C37H61NO11S2. The molecule has 1 saturated carbocycles. The van der Waals surface area contributed by atoms with Gasteiger partial charge in [0.2, 0.25) is 5.91 Å². The Balaban J connectivity index is 0.00000605. The largest absolute Gasteiger partial charge is 0.508 e. The van der Waals surface area contributed by atoms with Crippen molar-refractivity contribution in [3.63, 3.8) is 0 Å². The smallest absolute Gasteiger partial charge is 0.458 e. The molecule has 3 heterocycles. The number of hydrogen-bond donors (Lipinski definition) is 2. The van der Waals surface area contributed by atoms with E-state index in [-0.39, 0.29) is 57.7 Å². The van der Waals surface area contributed by atoms with E-state index >= 15 is 0 Å². The van der Waals surface area contributed by atoms with Crippen LogP contribution in [0.5, 0.6) is 0 Å². The van der Waals surface area contributed by atoms with E-state index < -0.39 is 34.5 Å². The van der Waals surface area contributed by atoms with E-state index in [0.717, 1.165) is 36.8 Å². The molecule has 12 nitrogen and oxygen atoms in total. The van der Waals surface area contributed by atoms with Crippen LogP contribution in [0.1, 0.15) is 93.8 Å². The van der Waals surface area contributed by atoms with Crippen LogP contribution in [0.2, 0.25) is 0 Å². The second kappa shape index (κ2) is 17.3. The fourth-order valence-electron chi connectivity index (χ4n) is 9.12. The summed E-state index contributed by atoms with van der Waals surface area (Å²) in [5.74, 6) is -0.272. The molecule has 2 N–H and O–H groups in total. The number of cyclic esters (lactones) is 1. The van der Waals surface area contributed by atoms with Crippen molar-refractivity contribution in [1.82, 2.24) is 5.32 Å². The summed E-state index contributed by atoms with van der Waals surface area (Å²) in [5, 5.41) is 16.3. The first-order valence-electron chi connectivity index (χ1n) is 18.8. The number of epoxide rings is 1. The van der Waals surface area contributed by atoms with Gasteiger partial charge in [-0.1, -0.05) is 55.7 Å². The maximum Gasteiger partial charge on any atom is 0.508 e. The van der Waals surface area contributed by atoms with E-state index in [1.807, 2.05) is 31.6 Å². The molecular weight excluding hydrogens is 699 g/mol. The Hall–Kier alpha value is -1.55. The highest BCUT2D eigenvalue weighted by Crippen LogP contribution is 2.67. The van der Waals surface area contributed by atoms with Gasteiger partial charge in [0.25, 0.3) is 0 Å². The van der Waals surface area contributed by atoms with Crippen molar-refractivity contribution in [2.24, 2.45) is 17.3 Å². The molecule has 0 aromatic rings. The van der Waals surface area contributed by atoms with Crippen LogP contribution in [0, 0.1) is 17.3 Å². The topological polar surface area (TPSA) is 151 Å². The van der Waals surface area contributed by atoms with E-state index in [1.165, 1.54) is 0 Å². The second-order valence-corrected chi connectivity index (χ2v) is 18.0. The zero-order valence-corrected chi connectivity index (χ0v) is 32.9. The van der Waals surface area contributed by atoms with Gasteiger partial charge in [-0.3, -0.25) is 4.79 Å². The number of rotatable bonds is 19. The Morgan fingerprint density at radius 1 is 1.10 bits per heavy atom. The molecule has 3 aliphatic heterocycles. The monoisotopic (exact) mass is 759 g/mol. The number of ether oxygens (including phenoxy) is 7. The van der Waals surface area contributed by atoms with Crippen LogP contribution >= 0.6 is 21.6 Å². The number of fused-ring (bicyclic) bond motifs is 5. The molecule has 0 aromatic carbocycles. The van der Waals surface area contributed by atoms with Crippen molar-refractivity contribution in [2.75, 3.05) is 59.0 Å². The van der Waals surface area contributed by atoms with Gasteiger partial charge in [0.05, 0.1) is 33.0 Å². The molecule has 14 heteroatoms. The SMILES string of the molecule is CCC(CCCCC(=O)NCCOCCOCCOC(=O)O[C@@H]1[C@@]2(C(C)C)O[C@H]2CO[C@]2(C)C3(C)CCC4=C(COC4=O)[C@@H]3CC[C@@]12O)SSC.[HH]. The molecule has 5 rings (SSSR count). The van der Waals surface area contributed by atoms with Crippen LogP contribution in [-0.2, 0) is 42.7 Å². The quantitative estimate of drug-likeness (QED) is 0.0725. The molecule has 2 aliphatic carbocycles. The molecule has 0 bridgehead atoms. The third-order valence-electron chi connectivity index (χ3n) is 12.3. The van der Waals surface area contributed by atoms with Gasteiger partial charge in [-0.15, -0.1) is 0 Å². The van der Waals surface area contributed by atoms with Crippen molar-refractivity contribution in [2.45, 2.75) is 127 Å². The first-order valence-corrected chi connectivity index (χ1v) is 21.4. The van der Waals surface area contributed by atoms with Crippen LogP contribution in [0.4, 0.5) is 4.79 Å². The van der Waals surface area contributed by atoms with E-state index in [4.69, 9.17) is 33.2 Å². The van der Waals surface area contributed by atoms with Gasteiger partial charge in [-0.2, -0.15) is 0 Å². The summed E-state index contributed by atoms with van der Waals surface area (Å²) in [5.41, 5.74) is -2.36. The number of unbranched alkanes of at least 4 members (excludes halogenated alkanes) is 1. The minimum Gasteiger partial charge on any atom is -0.458 e. The number of nitrogens with one attached hydrogen (secondary N) is 1. The van der Waals surface area contributed by atoms with Crippen molar-refractivity contribution >= 4 is 39.6 Å². The summed E-state index contributed by atoms with van der Waals surface area (Å²) in [6.45, 7) is 12.4. The summed E-state index contributed by atoms with van der Waals surface area (Å²) in [6.07, 6.45) is 6.67. The Morgan fingerprint density at radius 2 is 1.84 bits per heavy atom. The molecule has 292 valence electrons. The van der Waals surface area contributed by atoms with Crippen LogP contribution in [0.15, 0.2) is 11.1 Å². The normalized spacial score (nSPS) is 34.4. The molecule has 0 radical (unpaired) electrons. The second-order valence-electron chi connectivity index (χ2n) is 15.2. The highest BCUT2D eigenvalue weighted by molar-refractivity contribution is 8.76. The van der Waals surface area contributed by atoms with E-state index in [0.29, 0.717) is 63.7 Å². The van der Waals surface area contributed by atoms with Crippen LogP contribution in [0.25, 0.3) is 0 Å². The molecule has 2 saturated heterocycles. The summed E-state index contributed by atoms with van der Waals surface area (Å²) in [7, 11) is 3.72. The van der Waals surface area contributed by atoms with Crippen molar-refractivity contribution < 1.29 is 54.1 Å². The van der Waals surface area contributed by atoms with E-state index in [2.05, 4.69) is 25.4 Å². The lowest BCUT2D eigenvalue weighted by molar-refractivity contribution is -0.299. The van der Waals surface area contributed by atoms with E-state index in [1.54, 1.807) is 10.8 Å². The van der Waals surface area contributed by atoms with Gasteiger partial charge in [0, 0.05) is 30.6 Å². The zero-order chi connectivity index (χ0) is 36.9. The molecule has 0 aromatic heterocycles. The van der Waals surface area contributed by atoms with Crippen molar-refractivity contribution in [3.05, 3.63) is 11.1 Å². The maximum absolute atomic E-state index is 13.2. The first-order chi connectivity index (χ1) is 24.4. The van der Waals surface area contributed by atoms with Gasteiger partial charge in [0.1, 0.15) is 36.1 Å². The van der Waals surface area contributed by atoms with Crippen molar-refractivity contribution in [3.8, 4) is 0 Å². The highest BCUT2D eigenvalue weighted by Gasteiger charge is 2.80. The Bertz CT molecular complexity index is 1290. The number of amides is 1. The summed E-state index contributed by atoms with van der Waals surface area (Å²) < 4.78 is 41.0. The van der Waals surface area contributed by atoms with Gasteiger partial charge < -0.3 is 43.6 Å². The lowest BCUT2D eigenvalue weighted by Crippen LogP contribution is -2.74. The fourth-order valence-corrected chi connectivity index (χ4v) is 11.3. The Labute approximate surface area is 312 Å². The van der Waals surface area contributed by atoms with Crippen LogP contribution in [0.3, 0.4) is 0 Å². The molecule has 5 aliphatic rings. The Morgan fingerprint density at radius 3 is 2.57 bits per heavy atom. The number of aliphatic hydroxyl groups is 1. The minimum absolute atomic E-state index is 0. The third kappa shape index (κ3) is 8.12. The average molecular weight is 760 g/mol. The molecule has 8 atom stereocenters. The van der Waals surface area contributed by atoms with Gasteiger partial charge in [-0.25, -0.2) is 9.59 Å². The van der Waals surface area contributed by atoms with Crippen LogP contribution < -0.4 is 5.32 Å². The van der Waals surface area contributed by atoms with Crippen molar-refractivity contribution in [1.29, 1.82) is 0 Å². The third-order valence-corrected chi connectivity index (χ3v) is 14.8. The van der Waals surface area contributed by atoms with E-state index in [9.17, 15) is 19.5 Å². The standard InChI is InChI=1S/C37H59NO11S2.H2/c1-7-25(51-50-6)10-8-9-11-30(39)38-16-17-43-18-19-44-20-21-45-33(41)48-32-36(42)15-13-28-27-22-46-31(40)26(27)12-14-34(28,4)35(36,5)47-23-29-37(32,49-29)24(2)3;/h24-25,28-29,32,42H,7-23H2,1-6H3,(H,38,39);1H/t25?,28-,29-,32-,34?,35+,36+,37-;/m0./s1. The number of carbonyl (C=O) groups excluding carboxylic acids is 3. The van der Waals surface area contributed by atoms with Gasteiger partial charge in [0.15, 0.2) is 6.10 Å². The summed E-state index contributed by atoms with van der Waals surface area (Å²) >= 11 is 0. The lowest BCUT2D eigenvalue weighted by Gasteiger charge is -2.63. The van der Waals surface area contributed by atoms with Crippen LogP contribution in [-0.4, -0.2) is 116 Å². The van der Waals surface area contributed by atoms with Gasteiger partial charge >= 0.3 is 12.1 Å². The average Bonchev–Trinajstić information content (AvgIpc) is 3.74. The molecule has 2 unspecified atom stereocenters. The lowest BCUT2D eigenvalue weighted by atomic mass is 9.47. The number of hydrogen-bond acceptors (Lipinski definition) is 13. The number of esters is 1. The fraction of sp³-hybridized carbons (Fsp3) is 0.865. The maximum atomic E-state index is 13.2. The first kappa shape index (κ1) is 40.6. The molecule has 3 fully saturated rings. The molecule has 51 heavy (non-hydrogen) atoms. The zero-order valence-electron chi connectivity index (χ0n) is 31.3. The summed E-state index contributed by atoms with van der Waals surface area (Å²) in [6, 6.07) is 0. The predicted octanol–water partition coefficient (Wildman–Crippen LogP) is 5.63. The Kier molecular flexibility index (Phi) is 13.8. The number of carbonyl (C=O) groups is 3.